The second-order valence-corrected chi connectivity index (χ2v) is 4.60. The fourth-order valence-electron chi connectivity index (χ4n) is 1.44. The molecule has 0 aliphatic heterocycles. The van der Waals surface area contributed by atoms with Crippen LogP contribution in [0, 0.1) is 0 Å². The number of aromatic amines is 1. The molecule has 3 heterocycles. The first-order valence-corrected chi connectivity index (χ1v) is 6.06. The molecule has 3 aromatic heterocycles. The van der Waals surface area contributed by atoms with Crippen molar-refractivity contribution in [2.24, 2.45) is 0 Å². The van der Waals surface area contributed by atoms with E-state index in [4.69, 9.17) is 11.6 Å². The van der Waals surface area contributed by atoms with Crippen LogP contribution in [0.15, 0.2) is 17.9 Å². The summed E-state index contributed by atoms with van der Waals surface area (Å²) in [5.74, 6) is 0.669. The van der Waals surface area contributed by atoms with Gasteiger partial charge in [-0.2, -0.15) is 15.1 Å². The average Bonchev–Trinajstić information content (AvgIpc) is 2.95. The lowest BCUT2D eigenvalue weighted by Gasteiger charge is -2.04. The highest BCUT2D eigenvalue weighted by molar-refractivity contribution is 7.09. The Balaban J connectivity index is 1.91. The molecule has 0 aromatic carbocycles. The zero-order valence-corrected chi connectivity index (χ0v) is 10.1. The maximum Gasteiger partial charge on any atom is 0.226 e. The van der Waals surface area contributed by atoms with E-state index in [0.29, 0.717) is 18.0 Å². The Labute approximate surface area is 105 Å². The van der Waals surface area contributed by atoms with E-state index in [-0.39, 0.29) is 5.28 Å². The molecule has 0 spiro atoms. The highest BCUT2D eigenvalue weighted by Gasteiger charge is 2.08. The van der Waals surface area contributed by atoms with Crippen LogP contribution in [-0.2, 0) is 6.54 Å². The third-order valence-electron chi connectivity index (χ3n) is 2.20. The molecule has 0 aliphatic rings. The minimum atomic E-state index is 0.188. The lowest BCUT2D eigenvalue weighted by atomic mass is 10.4. The molecule has 0 atom stereocenters. The molecule has 3 aromatic rings. The molecule has 0 bridgehead atoms. The van der Waals surface area contributed by atoms with Crippen molar-refractivity contribution in [1.82, 2.24) is 25.1 Å². The summed E-state index contributed by atoms with van der Waals surface area (Å²) in [6, 6.07) is 0. The number of H-pyrrole nitrogens is 1. The van der Waals surface area contributed by atoms with E-state index in [1.807, 2.05) is 6.20 Å². The molecule has 0 amide bonds. The fraction of sp³-hybridized carbons (Fsp3) is 0.111. The number of rotatable bonds is 3. The molecule has 0 fully saturated rings. The van der Waals surface area contributed by atoms with E-state index < -0.39 is 0 Å². The van der Waals surface area contributed by atoms with Gasteiger partial charge in [-0.3, -0.25) is 10.1 Å². The number of halogens is 1. The lowest BCUT2D eigenvalue weighted by molar-refractivity contribution is 1.08. The van der Waals surface area contributed by atoms with Gasteiger partial charge in [-0.1, -0.05) is 0 Å². The summed E-state index contributed by atoms with van der Waals surface area (Å²) in [6.45, 7) is 0.651. The van der Waals surface area contributed by atoms with Crippen LogP contribution in [0.1, 0.15) is 4.88 Å². The molecule has 0 saturated heterocycles. The topological polar surface area (TPSA) is 79.4 Å². The Kier molecular flexibility index (Phi) is 2.62. The van der Waals surface area contributed by atoms with Crippen LogP contribution in [-0.4, -0.2) is 25.1 Å². The summed E-state index contributed by atoms with van der Waals surface area (Å²) in [7, 11) is 0. The van der Waals surface area contributed by atoms with Crippen molar-refractivity contribution in [3.63, 3.8) is 0 Å². The highest BCUT2D eigenvalue weighted by atomic mass is 35.5. The maximum absolute atomic E-state index is 5.82. The van der Waals surface area contributed by atoms with Crippen LogP contribution >= 0.6 is 22.9 Å². The van der Waals surface area contributed by atoms with Crippen molar-refractivity contribution >= 4 is 39.8 Å². The zero-order valence-electron chi connectivity index (χ0n) is 8.51. The predicted octanol–water partition coefficient (Wildman–Crippen LogP) is 2.07. The highest BCUT2D eigenvalue weighted by Crippen LogP contribution is 2.20. The summed E-state index contributed by atoms with van der Waals surface area (Å²) >= 11 is 7.40. The van der Waals surface area contributed by atoms with Gasteiger partial charge in [0.05, 0.1) is 23.6 Å². The Hall–Kier alpha value is -1.73. The molecule has 6 nitrogen and oxygen atoms in total. The molecule has 8 heteroatoms. The normalized spacial score (nSPS) is 10.9. The lowest BCUT2D eigenvalue weighted by Crippen LogP contribution is -2.01. The monoisotopic (exact) mass is 266 g/mol. The molecule has 86 valence electrons. The summed E-state index contributed by atoms with van der Waals surface area (Å²) in [4.78, 5) is 13.3. The quantitative estimate of drug-likeness (QED) is 0.710. The minimum Gasteiger partial charge on any atom is -0.364 e. The molecule has 17 heavy (non-hydrogen) atoms. The van der Waals surface area contributed by atoms with Gasteiger partial charge in [0.15, 0.2) is 5.65 Å². The number of anilines is 1. The smallest absolute Gasteiger partial charge is 0.226 e. The second-order valence-electron chi connectivity index (χ2n) is 3.29. The molecular weight excluding hydrogens is 260 g/mol. The molecule has 3 rings (SSSR count). The van der Waals surface area contributed by atoms with Crippen LogP contribution in [0.5, 0.6) is 0 Å². The van der Waals surface area contributed by atoms with Crippen LogP contribution in [0.4, 0.5) is 5.82 Å². The third kappa shape index (κ3) is 2.06. The number of nitrogens with one attached hydrogen (secondary N) is 2. The Bertz CT molecular complexity index is 634. The van der Waals surface area contributed by atoms with Gasteiger partial charge >= 0.3 is 0 Å². The standard InChI is InChI=1S/C9H7ClN6S/c10-9-14-7(6-3-13-16-8(6)15-9)12-2-5-1-11-4-17-5/h1,3-4H,2H2,(H2,12,13,14,15,16). The van der Waals surface area contributed by atoms with Crippen molar-refractivity contribution in [3.05, 3.63) is 28.1 Å². The molecule has 0 aliphatic carbocycles. The van der Waals surface area contributed by atoms with Crippen LogP contribution < -0.4 is 5.32 Å². The van der Waals surface area contributed by atoms with E-state index in [1.165, 1.54) is 0 Å². The predicted molar refractivity (Wildman–Crippen MR) is 66.1 cm³/mol. The largest absolute Gasteiger partial charge is 0.364 e. The van der Waals surface area contributed by atoms with Crippen LogP contribution in [0.25, 0.3) is 11.0 Å². The van der Waals surface area contributed by atoms with Gasteiger partial charge in [0.25, 0.3) is 0 Å². The van der Waals surface area contributed by atoms with Gasteiger partial charge < -0.3 is 5.32 Å². The Morgan fingerprint density at radius 1 is 1.35 bits per heavy atom. The van der Waals surface area contributed by atoms with Crippen LogP contribution in [0.3, 0.4) is 0 Å². The second kappa shape index (κ2) is 4.27. The number of aromatic nitrogens is 5. The number of hydrogen-bond donors (Lipinski definition) is 2. The van der Waals surface area contributed by atoms with E-state index in [9.17, 15) is 0 Å². The summed E-state index contributed by atoms with van der Waals surface area (Å²) in [6.07, 6.45) is 3.48. The molecule has 0 radical (unpaired) electrons. The van der Waals surface area contributed by atoms with E-state index in [1.54, 1.807) is 23.0 Å². The number of thiazole rings is 1. The van der Waals surface area contributed by atoms with Gasteiger partial charge in [-0.05, 0) is 11.6 Å². The third-order valence-corrected chi connectivity index (χ3v) is 3.14. The van der Waals surface area contributed by atoms with Gasteiger partial charge in [0.1, 0.15) is 5.82 Å². The van der Waals surface area contributed by atoms with E-state index in [0.717, 1.165) is 10.3 Å². The van der Waals surface area contributed by atoms with E-state index >= 15 is 0 Å². The number of nitrogens with zero attached hydrogens (tertiary/aromatic N) is 4. The van der Waals surface area contributed by atoms with Gasteiger partial charge in [-0.25, -0.2) is 0 Å². The summed E-state index contributed by atoms with van der Waals surface area (Å²) < 4.78 is 0. The van der Waals surface area contributed by atoms with Crippen molar-refractivity contribution < 1.29 is 0 Å². The van der Waals surface area contributed by atoms with Gasteiger partial charge in [0, 0.05) is 11.1 Å². The summed E-state index contributed by atoms with van der Waals surface area (Å²) in [5, 5.41) is 10.9. The van der Waals surface area contributed by atoms with Gasteiger partial charge in [-0.15, -0.1) is 11.3 Å². The molecule has 2 N–H and O–H groups in total. The number of fused-ring (bicyclic) bond motifs is 1. The van der Waals surface area contributed by atoms with Crippen molar-refractivity contribution in [1.29, 1.82) is 0 Å². The van der Waals surface area contributed by atoms with Gasteiger partial charge in [0.2, 0.25) is 5.28 Å². The zero-order chi connectivity index (χ0) is 11.7. The Morgan fingerprint density at radius 3 is 3.12 bits per heavy atom. The first-order chi connectivity index (χ1) is 8.33. The van der Waals surface area contributed by atoms with Crippen molar-refractivity contribution in [2.45, 2.75) is 6.54 Å². The van der Waals surface area contributed by atoms with Crippen LogP contribution in [0.2, 0.25) is 5.28 Å². The van der Waals surface area contributed by atoms with Crippen molar-refractivity contribution in [3.8, 4) is 0 Å². The maximum atomic E-state index is 5.82. The molecule has 0 unspecified atom stereocenters. The summed E-state index contributed by atoms with van der Waals surface area (Å²) in [5.41, 5.74) is 2.41. The first-order valence-electron chi connectivity index (χ1n) is 4.81. The fourth-order valence-corrected chi connectivity index (χ4v) is 2.15. The Morgan fingerprint density at radius 2 is 2.29 bits per heavy atom. The average molecular weight is 267 g/mol. The molecule has 0 saturated carbocycles. The molecular formula is C9H7ClN6S. The SMILES string of the molecule is Clc1nc(NCc2cncs2)c2cn[nH]c2n1. The minimum absolute atomic E-state index is 0.188. The first kappa shape index (κ1) is 10.4. The number of hydrogen-bond acceptors (Lipinski definition) is 6. The van der Waals surface area contributed by atoms with E-state index in [2.05, 4.69) is 30.5 Å². The van der Waals surface area contributed by atoms with Crippen molar-refractivity contribution in [2.75, 3.05) is 5.32 Å².